The summed E-state index contributed by atoms with van der Waals surface area (Å²) >= 11 is 0. The summed E-state index contributed by atoms with van der Waals surface area (Å²) < 4.78 is 7.95. The zero-order valence-electron chi connectivity index (χ0n) is 15.1. The highest BCUT2D eigenvalue weighted by Crippen LogP contribution is 2.32. The fraction of sp³-hybridized carbons (Fsp3) is 0.0909. The van der Waals surface area contributed by atoms with Crippen molar-refractivity contribution in [1.29, 1.82) is 0 Å². The molecule has 1 aliphatic heterocycles. The molecule has 1 atom stereocenters. The third kappa shape index (κ3) is 2.95. The van der Waals surface area contributed by atoms with Gasteiger partial charge in [-0.25, -0.2) is 9.98 Å². The number of para-hydroxylation sites is 2. The number of nitrogens with one attached hydrogen (secondary N) is 1. The van der Waals surface area contributed by atoms with Gasteiger partial charge >= 0.3 is 0 Å². The molecule has 6 nitrogen and oxygen atoms in total. The van der Waals surface area contributed by atoms with Crippen LogP contribution in [0.25, 0.3) is 11.0 Å². The first-order valence-corrected chi connectivity index (χ1v) is 9.12. The summed E-state index contributed by atoms with van der Waals surface area (Å²) in [6.07, 6.45) is -0.271. The van der Waals surface area contributed by atoms with Gasteiger partial charge in [0.1, 0.15) is 12.4 Å². The molecule has 1 unspecified atom stereocenters. The summed E-state index contributed by atoms with van der Waals surface area (Å²) in [4.78, 5) is 9.23. The van der Waals surface area contributed by atoms with E-state index in [9.17, 15) is 0 Å². The number of ether oxygens (including phenoxy) is 1. The summed E-state index contributed by atoms with van der Waals surface area (Å²) in [6, 6.07) is 26.1. The Morgan fingerprint density at radius 1 is 0.929 bits per heavy atom. The van der Waals surface area contributed by atoms with Crippen LogP contribution in [0, 0.1) is 0 Å². The van der Waals surface area contributed by atoms with Gasteiger partial charge in [-0.2, -0.15) is 0 Å². The highest BCUT2D eigenvalue weighted by atomic mass is 16.5. The second-order valence-corrected chi connectivity index (χ2v) is 6.65. The Labute approximate surface area is 162 Å². The van der Waals surface area contributed by atoms with Gasteiger partial charge in [0.2, 0.25) is 5.95 Å². The molecule has 0 aliphatic carbocycles. The van der Waals surface area contributed by atoms with E-state index in [1.54, 1.807) is 0 Å². The van der Waals surface area contributed by atoms with Crippen molar-refractivity contribution in [3.8, 4) is 5.75 Å². The molecule has 0 spiro atoms. The number of nitrogens with zero attached hydrogens (tertiary/aromatic N) is 3. The summed E-state index contributed by atoms with van der Waals surface area (Å²) in [5.74, 6) is 1.87. The van der Waals surface area contributed by atoms with Gasteiger partial charge in [0.15, 0.2) is 12.1 Å². The zero-order valence-corrected chi connectivity index (χ0v) is 15.1. The first kappa shape index (κ1) is 16.4. The molecular weight excluding hydrogens is 350 g/mol. The van der Waals surface area contributed by atoms with Crippen LogP contribution in [0.1, 0.15) is 17.3 Å². The van der Waals surface area contributed by atoms with Crippen molar-refractivity contribution in [2.24, 2.45) is 10.7 Å². The van der Waals surface area contributed by atoms with Gasteiger partial charge in [0.25, 0.3) is 0 Å². The van der Waals surface area contributed by atoms with Gasteiger partial charge in [-0.15, -0.1) is 0 Å². The van der Waals surface area contributed by atoms with E-state index in [0.29, 0.717) is 18.5 Å². The summed E-state index contributed by atoms with van der Waals surface area (Å²) in [7, 11) is 0. The van der Waals surface area contributed by atoms with Crippen molar-refractivity contribution >= 4 is 22.9 Å². The predicted octanol–water partition coefficient (Wildman–Crippen LogP) is 3.90. The van der Waals surface area contributed by atoms with Crippen molar-refractivity contribution in [2.45, 2.75) is 12.8 Å². The van der Waals surface area contributed by atoms with Gasteiger partial charge in [-0.3, -0.25) is 9.88 Å². The van der Waals surface area contributed by atoms with Crippen molar-refractivity contribution < 1.29 is 4.74 Å². The number of imidazole rings is 1. The largest absolute Gasteiger partial charge is 0.489 e. The first-order valence-electron chi connectivity index (χ1n) is 9.12. The smallest absolute Gasteiger partial charge is 0.212 e. The summed E-state index contributed by atoms with van der Waals surface area (Å²) in [6.45, 7) is 0.537. The van der Waals surface area contributed by atoms with Crippen LogP contribution in [-0.4, -0.2) is 15.5 Å². The van der Waals surface area contributed by atoms with E-state index in [0.717, 1.165) is 27.9 Å². The van der Waals surface area contributed by atoms with Gasteiger partial charge in [0.05, 0.1) is 11.0 Å². The van der Waals surface area contributed by atoms with Crippen LogP contribution in [0.3, 0.4) is 0 Å². The Morgan fingerprint density at radius 2 is 1.68 bits per heavy atom. The molecule has 4 aromatic rings. The van der Waals surface area contributed by atoms with Gasteiger partial charge in [0, 0.05) is 0 Å². The summed E-state index contributed by atoms with van der Waals surface area (Å²) in [5, 5.41) is 3.05. The highest BCUT2D eigenvalue weighted by molar-refractivity contribution is 5.94. The van der Waals surface area contributed by atoms with Crippen molar-refractivity contribution in [2.75, 3.05) is 5.32 Å². The van der Waals surface area contributed by atoms with Crippen LogP contribution in [0.4, 0.5) is 5.95 Å². The molecule has 0 fully saturated rings. The number of nitrogens with two attached hydrogens (primary N) is 1. The molecular formula is C22H19N5O. The third-order valence-electron chi connectivity index (χ3n) is 4.77. The zero-order chi connectivity index (χ0) is 18.9. The number of anilines is 1. The lowest BCUT2D eigenvalue weighted by molar-refractivity contribution is 0.306. The minimum absolute atomic E-state index is 0.271. The van der Waals surface area contributed by atoms with Crippen LogP contribution >= 0.6 is 0 Å². The fourth-order valence-corrected chi connectivity index (χ4v) is 3.42. The number of fused-ring (bicyclic) bond motifs is 3. The molecule has 1 aliphatic rings. The Balaban J connectivity index is 1.44. The molecule has 3 aromatic carbocycles. The molecule has 0 radical (unpaired) electrons. The molecule has 6 heteroatoms. The Morgan fingerprint density at radius 3 is 2.50 bits per heavy atom. The average Bonchev–Trinajstić information content (AvgIpc) is 3.11. The van der Waals surface area contributed by atoms with Crippen LogP contribution in [-0.2, 0) is 6.61 Å². The van der Waals surface area contributed by atoms with Crippen molar-refractivity contribution in [1.82, 2.24) is 9.55 Å². The monoisotopic (exact) mass is 369 g/mol. The van der Waals surface area contributed by atoms with E-state index in [1.165, 1.54) is 0 Å². The predicted molar refractivity (Wildman–Crippen MR) is 110 cm³/mol. The molecule has 0 saturated heterocycles. The topological polar surface area (TPSA) is 77.5 Å². The van der Waals surface area contributed by atoms with Gasteiger partial charge in [-0.05, 0) is 35.4 Å². The number of aromatic nitrogens is 2. The van der Waals surface area contributed by atoms with Crippen molar-refractivity contribution in [3.63, 3.8) is 0 Å². The molecule has 3 N–H and O–H groups in total. The molecule has 0 saturated carbocycles. The lowest BCUT2D eigenvalue weighted by Crippen LogP contribution is -2.31. The van der Waals surface area contributed by atoms with Crippen LogP contribution in [0.5, 0.6) is 5.75 Å². The lowest BCUT2D eigenvalue weighted by Gasteiger charge is -2.24. The number of aliphatic imine (C=N–C) groups is 1. The van der Waals surface area contributed by atoms with Crippen molar-refractivity contribution in [3.05, 3.63) is 90.0 Å². The van der Waals surface area contributed by atoms with E-state index < -0.39 is 0 Å². The molecule has 28 heavy (non-hydrogen) atoms. The van der Waals surface area contributed by atoms with E-state index in [1.807, 2.05) is 78.9 Å². The SMILES string of the molecule is NC1=NC(c2ccc(OCc3ccccc3)cc2)n2c(nc3ccccc32)N1. The quantitative estimate of drug-likeness (QED) is 0.572. The molecule has 1 aromatic heterocycles. The molecule has 5 rings (SSSR count). The third-order valence-corrected chi connectivity index (χ3v) is 4.77. The Hall–Kier alpha value is -3.80. The van der Waals surface area contributed by atoms with Gasteiger partial charge < -0.3 is 10.5 Å². The fourth-order valence-electron chi connectivity index (χ4n) is 3.42. The van der Waals surface area contributed by atoms with E-state index in [4.69, 9.17) is 10.5 Å². The number of benzene rings is 3. The second-order valence-electron chi connectivity index (χ2n) is 6.65. The second kappa shape index (κ2) is 6.74. The van der Waals surface area contributed by atoms with E-state index >= 15 is 0 Å². The van der Waals surface area contributed by atoms with Crippen LogP contribution in [0.15, 0.2) is 83.9 Å². The maximum atomic E-state index is 6.00. The number of hydrogen-bond donors (Lipinski definition) is 2. The maximum absolute atomic E-state index is 6.00. The van der Waals surface area contributed by atoms with Crippen LogP contribution in [0.2, 0.25) is 0 Å². The highest BCUT2D eigenvalue weighted by Gasteiger charge is 2.24. The molecule has 138 valence electrons. The lowest BCUT2D eigenvalue weighted by atomic mass is 10.1. The number of rotatable bonds is 4. The van der Waals surface area contributed by atoms with E-state index in [2.05, 4.69) is 19.9 Å². The first-order chi connectivity index (χ1) is 13.8. The van der Waals surface area contributed by atoms with Gasteiger partial charge in [-0.1, -0.05) is 54.6 Å². The maximum Gasteiger partial charge on any atom is 0.212 e. The average molecular weight is 369 g/mol. The number of guanidine groups is 1. The minimum atomic E-state index is -0.271. The molecule has 0 bridgehead atoms. The summed E-state index contributed by atoms with van der Waals surface area (Å²) in [5.41, 5.74) is 10.1. The molecule has 0 amide bonds. The standard InChI is InChI=1S/C22H19N5O/c23-21-25-20(27-19-9-5-4-8-18(19)24-22(27)26-21)16-10-12-17(13-11-16)28-14-15-6-2-1-3-7-15/h1-13,20H,14H2,(H3,23,24,25,26). The Kier molecular flexibility index (Phi) is 3.94. The number of hydrogen-bond acceptors (Lipinski definition) is 5. The van der Waals surface area contributed by atoms with Crippen LogP contribution < -0.4 is 15.8 Å². The van der Waals surface area contributed by atoms with E-state index in [-0.39, 0.29) is 6.17 Å². The normalized spacial score (nSPS) is 15.6. The Bertz CT molecular complexity index is 1150. The minimum Gasteiger partial charge on any atom is -0.489 e. The molecule has 2 heterocycles.